The molecule has 0 aromatic carbocycles. The van der Waals surface area contributed by atoms with Crippen molar-refractivity contribution in [3.05, 3.63) is 0 Å². The number of nitrogens with zero attached hydrogens (tertiary/aromatic N) is 1. The number of sulfonamides is 1. The second kappa shape index (κ2) is 7.10. The zero-order chi connectivity index (χ0) is 14.4. The van der Waals surface area contributed by atoms with Crippen molar-refractivity contribution in [2.24, 2.45) is 11.3 Å². The Labute approximate surface area is 112 Å². The molecule has 0 aliphatic heterocycles. The van der Waals surface area contributed by atoms with Gasteiger partial charge in [0, 0.05) is 12.5 Å². The van der Waals surface area contributed by atoms with E-state index in [1.54, 1.807) is 0 Å². The van der Waals surface area contributed by atoms with E-state index < -0.39 is 10.0 Å². The van der Waals surface area contributed by atoms with E-state index in [1.807, 2.05) is 26.8 Å². The zero-order valence-electron chi connectivity index (χ0n) is 12.2. The molecule has 0 aliphatic rings. The van der Waals surface area contributed by atoms with Crippen LogP contribution in [0.25, 0.3) is 0 Å². The molecule has 4 nitrogen and oxygen atoms in total. The van der Waals surface area contributed by atoms with Crippen molar-refractivity contribution in [1.82, 2.24) is 4.72 Å². The lowest BCUT2D eigenvalue weighted by atomic mass is 9.83. The lowest BCUT2D eigenvalue weighted by Crippen LogP contribution is -2.45. The summed E-state index contributed by atoms with van der Waals surface area (Å²) < 4.78 is 26.6. The van der Waals surface area contributed by atoms with E-state index in [1.165, 1.54) is 0 Å². The van der Waals surface area contributed by atoms with Crippen molar-refractivity contribution < 1.29 is 8.42 Å². The molecular weight excluding hydrogens is 248 g/mol. The topological polar surface area (TPSA) is 70.0 Å². The molecule has 0 aromatic heterocycles. The average molecular weight is 274 g/mol. The molecule has 0 heterocycles. The van der Waals surface area contributed by atoms with Crippen LogP contribution in [0.15, 0.2) is 0 Å². The Hall–Kier alpha value is -0.600. The van der Waals surface area contributed by atoms with Crippen LogP contribution in [0.2, 0.25) is 0 Å². The minimum absolute atomic E-state index is 0.0330. The highest BCUT2D eigenvalue weighted by Crippen LogP contribution is 2.25. The molecule has 0 saturated heterocycles. The summed E-state index contributed by atoms with van der Waals surface area (Å²) in [5.74, 6) is 0.474. The number of rotatable bonds is 7. The molecule has 0 aromatic rings. The molecule has 1 N–H and O–H groups in total. The van der Waals surface area contributed by atoms with Crippen LogP contribution in [-0.2, 0) is 10.0 Å². The second-order valence-corrected chi connectivity index (χ2v) is 8.12. The van der Waals surface area contributed by atoms with E-state index in [9.17, 15) is 8.42 Å². The fourth-order valence-corrected chi connectivity index (χ4v) is 3.19. The molecule has 5 heteroatoms. The summed E-state index contributed by atoms with van der Waals surface area (Å²) in [6.45, 7) is 10.3. The van der Waals surface area contributed by atoms with Crippen LogP contribution in [0.3, 0.4) is 0 Å². The van der Waals surface area contributed by atoms with Crippen molar-refractivity contribution >= 4 is 10.0 Å². The first-order valence-electron chi connectivity index (χ1n) is 6.45. The molecule has 0 amide bonds. The van der Waals surface area contributed by atoms with Gasteiger partial charge in [-0.2, -0.15) is 5.26 Å². The normalized spacial score (nSPS) is 14.5. The lowest BCUT2D eigenvalue weighted by molar-refractivity contribution is 0.262. The van der Waals surface area contributed by atoms with Gasteiger partial charge in [-0.3, -0.25) is 0 Å². The van der Waals surface area contributed by atoms with Gasteiger partial charge in [-0.15, -0.1) is 0 Å². The Morgan fingerprint density at radius 2 is 1.83 bits per heavy atom. The molecule has 0 fully saturated rings. The Morgan fingerprint density at radius 1 is 1.28 bits per heavy atom. The van der Waals surface area contributed by atoms with Crippen LogP contribution in [0, 0.1) is 22.7 Å². The maximum atomic E-state index is 11.9. The number of unbranched alkanes of at least 4 members (excludes halogenated alkanes) is 1. The van der Waals surface area contributed by atoms with Gasteiger partial charge >= 0.3 is 0 Å². The second-order valence-electron chi connectivity index (χ2n) is 6.25. The van der Waals surface area contributed by atoms with Crippen molar-refractivity contribution in [3.63, 3.8) is 0 Å². The number of hydrogen-bond acceptors (Lipinski definition) is 3. The highest BCUT2D eigenvalue weighted by Gasteiger charge is 2.29. The van der Waals surface area contributed by atoms with Gasteiger partial charge in [0.1, 0.15) is 0 Å². The quantitative estimate of drug-likeness (QED) is 0.726. The Bertz CT molecular complexity index is 375. The third-order valence-electron chi connectivity index (χ3n) is 2.78. The van der Waals surface area contributed by atoms with E-state index in [2.05, 4.69) is 18.6 Å². The third kappa shape index (κ3) is 7.67. The van der Waals surface area contributed by atoms with Crippen molar-refractivity contribution in [2.45, 2.75) is 59.9 Å². The standard InChI is InChI=1S/C13H26N2O2S/c1-11(2)10-12(13(3,4)5)15-18(16,17)9-7-6-8-14/h11-12,15H,6-7,9-10H2,1-5H3/t12-/m0/s1. The van der Waals surface area contributed by atoms with Gasteiger partial charge in [0.05, 0.1) is 11.8 Å². The monoisotopic (exact) mass is 274 g/mol. The van der Waals surface area contributed by atoms with Gasteiger partial charge < -0.3 is 0 Å². The number of hydrogen-bond donors (Lipinski definition) is 1. The maximum Gasteiger partial charge on any atom is 0.211 e. The van der Waals surface area contributed by atoms with Crippen LogP contribution < -0.4 is 4.72 Å². The van der Waals surface area contributed by atoms with Gasteiger partial charge in [0.15, 0.2) is 0 Å². The van der Waals surface area contributed by atoms with Crippen LogP contribution in [0.5, 0.6) is 0 Å². The molecule has 0 aliphatic carbocycles. The Morgan fingerprint density at radius 3 is 2.22 bits per heavy atom. The largest absolute Gasteiger partial charge is 0.212 e. The first-order chi connectivity index (χ1) is 8.08. The molecule has 0 unspecified atom stereocenters. The van der Waals surface area contributed by atoms with Gasteiger partial charge in [-0.1, -0.05) is 34.6 Å². The predicted octanol–water partition coefficient (Wildman–Crippen LogP) is 2.67. The zero-order valence-corrected chi connectivity index (χ0v) is 13.0. The summed E-state index contributed by atoms with van der Waals surface area (Å²) in [6, 6.07) is 1.90. The highest BCUT2D eigenvalue weighted by molar-refractivity contribution is 7.89. The van der Waals surface area contributed by atoms with Crippen molar-refractivity contribution in [1.29, 1.82) is 5.26 Å². The van der Waals surface area contributed by atoms with Gasteiger partial charge in [-0.25, -0.2) is 13.1 Å². The summed E-state index contributed by atoms with van der Waals surface area (Å²) in [5.41, 5.74) is -0.105. The van der Waals surface area contributed by atoms with Gasteiger partial charge in [0.2, 0.25) is 10.0 Å². The third-order valence-corrected chi connectivity index (χ3v) is 4.25. The number of nitrogens with one attached hydrogen (secondary N) is 1. The smallest absolute Gasteiger partial charge is 0.211 e. The molecule has 0 bridgehead atoms. The molecule has 106 valence electrons. The predicted molar refractivity (Wildman–Crippen MR) is 74.5 cm³/mol. The summed E-state index contributed by atoms with van der Waals surface area (Å²) in [7, 11) is -3.28. The summed E-state index contributed by atoms with van der Waals surface area (Å²) in [5, 5.41) is 8.43. The van der Waals surface area contributed by atoms with Crippen molar-refractivity contribution in [3.8, 4) is 6.07 Å². The maximum absolute atomic E-state index is 11.9. The fourth-order valence-electron chi connectivity index (χ4n) is 1.67. The van der Waals surface area contributed by atoms with E-state index in [0.29, 0.717) is 12.3 Å². The van der Waals surface area contributed by atoms with E-state index in [0.717, 1.165) is 6.42 Å². The molecule has 0 radical (unpaired) electrons. The van der Waals surface area contributed by atoms with Gasteiger partial charge in [0.25, 0.3) is 0 Å². The molecule has 0 rings (SSSR count). The van der Waals surface area contributed by atoms with Crippen molar-refractivity contribution in [2.75, 3.05) is 5.75 Å². The lowest BCUT2D eigenvalue weighted by Gasteiger charge is -2.32. The minimum atomic E-state index is -3.28. The highest BCUT2D eigenvalue weighted by atomic mass is 32.2. The molecule has 1 atom stereocenters. The average Bonchev–Trinajstić information content (AvgIpc) is 2.14. The molecule has 18 heavy (non-hydrogen) atoms. The summed E-state index contributed by atoms with van der Waals surface area (Å²) in [4.78, 5) is 0. The van der Waals surface area contributed by atoms with E-state index in [-0.39, 0.29) is 23.6 Å². The SMILES string of the molecule is CC(C)C[C@H](NS(=O)(=O)CCCC#N)C(C)(C)C. The van der Waals surface area contributed by atoms with E-state index >= 15 is 0 Å². The Kier molecular flexibility index (Phi) is 6.87. The minimum Gasteiger partial charge on any atom is -0.212 e. The fraction of sp³-hybridized carbons (Fsp3) is 0.923. The molecular formula is C13H26N2O2S. The van der Waals surface area contributed by atoms with Crippen LogP contribution in [0.1, 0.15) is 53.9 Å². The van der Waals surface area contributed by atoms with Crippen LogP contribution in [-0.4, -0.2) is 20.2 Å². The summed E-state index contributed by atoms with van der Waals surface area (Å²) >= 11 is 0. The Balaban J connectivity index is 4.62. The first kappa shape index (κ1) is 17.4. The summed E-state index contributed by atoms with van der Waals surface area (Å²) in [6.07, 6.45) is 1.50. The first-order valence-corrected chi connectivity index (χ1v) is 8.10. The van der Waals surface area contributed by atoms with Gasteiger partial charge in [-0.05, 0) is 24.2 Å². The van der Waals surface area contributed by atoms with Crippen LogP contribution >= 0.6 is 0 Å². The number of nitriles is 1. The van der Waals surface area contributed by atoms with Crippen LogP contribution in [0.4, 0.5) is 0 Å². The molecule has 0 saturated carbocycles. The van der Waals surface area contributed by atoms with E-state index in [4.69, 9.17) is 5.26 Å². The molecule has 0 spiro atoms.